The van der Waals surface area contributed by atoms with Crippen LogP contribution in [-0.2, 0) is 9.47 Å². The third-order valence-electron chi connectivity index (χ3n) is 2.75. The average Bonchev–Trinajstić information content (AvgIpc) is 2.40. The predicted octanol–water partition coefficient (Wildman–Crippen LogP) is 1.70. The van der Waals surface area contributed by atoms with Crippen LogP contribution in [0.5, 0.6) is 0 Å². The molecule has 1 aromatic carbocycles. The fourth-order valence-electron chi connectivity index (χ4n) is 1.84. The highest BCUT2D eigenvalue weighted by molar-refractivity contribution is 5.89. The normalized spacial score (nSPS) is 15.7. The van der Waals surface area contributed by atoms with E-state index in [1.165, 1.54) is 0 Å². The molecule has 1 fully saturated rings. The van der Waals surface area contributed by atoms with E-state index < -0.39 is 0 Å². The van der Waals surface area contributed by atoms with E-state index >= 15 is 0 Å². The zero-order valence-corrected chi connectivity index (χ0v) is 10.0. The highest BCUT2D eigenvalue weighted by Crippen LogP contribution is 2.17. The molecule has 1 aliphatic heterocycles. The number of anilines is 1. The number of hydrogen-bond acceptors (Lipinski definition) is 4. The van der Waals surface area contributed by atoms with E-state index in [-0.39, 0.29) is 5.97 Å². The maximum atomic E-state index is 11.5. The molecule has 0 saturated carbocycles. The maximum absolute atomic E-state index is 11.5. The Morgan fingerprint density at radius 3 is 2.53 bits per heavy atom. The molecule has 0 atom stereocenters. The van der Waals surface area contributed by atoms with Crippen LogP contribution in [0.4, 0.5) is 5.69 Å². The second-order valence-corrected chi connectivity index (χ2v) is 3.87. The standard InChI is InChI=1S/C13H17NO3/c1-2-17-13(15)11-3-5-12(6-4-11)14-7-9-16-10-8-14/h3-6H,2,7-10H2,1H3. The van der Waals surface area contributed by atoms with Gasteiger partial charge in [0.05, 0.1) is 25.4 Å². The molecule has 0 N–H and O–H groups in total. The molecule has 0 aromatic heterocycles. The van der Waals surface area contributed by atoms with Crippen LogP contribution in [0.15, 0.2) is 24.3 Å². The highest BCUT2D eigenvalue weighted by atomic mass is 16.5. The fourth-order valence-corrected chi connectivity index (χ4v) is 1.84. The van der Waals surface area contributed by atoms with Crippen molar-refractivity contribution in [3.63, 3.8) is 0 Å². The number of carbonyl (C=O) groups excluding carboxylic acids is 1. The van der Waals surface area contributed by atoms with Gasteiger partial charge in [0.1, 0.15) is 0 Å². The van der Waals surface area contributed by atoms with Crippen LogP contribution >= 0.6 is 0 Å². The van der Waals surface area contributed by atoms with Gasteiger partial charge < -0.3 is 14.4 Å². The summed E-state index contributed by atoms with van der Waals surface area (Å²) in [6.07, 6.45) is 0. The zero-order chi connectivity index (χ0) is 12.1. The van der Waals surface area contributed by atoms with Crippen molar-refractivity contribution < 1.29 is 14.3 Å². The van der Waals surface area contributed by atoms with E-state index in [2.05, 4.69) is 4.90 Å². The van der Waals surface area contributed by atoms with Gasteiger partial charge in [-0.3, -0.25) is 0 Å². The summed E-state index contributed by atoms with van der Waals surface area (Å²) in [4.78, 5) is 13.7. The number of ether oxygens (including phenoxy) is 2. The maximum Gasteiger partial charge on any atom is 0.338 e. The Hall–Kier alpha value is -1.55. The summed E-state index contributed by atoms with van der Waals surface area (Å²) >= 11 is 0. The van der Waals surface area contributed by atoms with Crippen LogP contribution in [0, 0.1) is 0 Å². The molecular weight excluding hydrogens is 218 g/mol. The smallest absolute Gasteiger partial charge is 0.338 e. The van der Waals surface area contributed by atoms with Gasteiger partial charge in [-0.2, -0.15) is 0 Å². The van der Waals surface area contributed by atoms with Gasteiger partial charge in [0.15, 0.2) is 0 Å². The van der Waals surface area contributed by atoms with Crippen LogP contribution in [-0.4, -0.2) is 38.9 Å². The second-order valence-electron chi connectivity index (χ2n) is 3.87. The summed E-state index contributed by atoms with van der Waals surface area (Å²) in [5.41, 5.74) is 1.73. The van der Waals surface area contributed by atoms with E-state index in [0.717, 1.165) is 32.0 Å². The Kier molecular flexibility index (Phi) is 3.98. The van der Waals surface area contributed by atoms with Gasteiger partial charge >= 0.3 is 5.97 Å². The third-order valence-corrected chi connectivity index (χ3v) is 2.75. The Labute approximate surface area is 101 Å². The lowest BCUT2D eigenvalue weighted by Crippen LogP contribution is -2.36. The monoisotopic (exact) mass is 235 g/mol. The van der Waals surface area contributed by atoms with E-state index in [1.807, 2.05) is 24.3 Å². The van der Waals surface area contributed by atoms with Crippen molar-refractivity contribution in [2.24, 2.45) is 0 Å². The van der Waals surface area contributed by atoms with Gasteiger partial charge in [0.2, 0.25) is 0 Å². The van der Waals surface area contributed by atoms with Crippen molar-refractivity contribution in [1.82, 2.24) is 0 Å². The first-order valence-electron chi connectivity index (χ1n) is 5.91. The average molecular weight is 235 g/mol. The molecule has 0 amide bonds. The second kappa shape index (κ2) is 5.68. The molecule has 0 spiro atoms. The minimum absolute atomic E-state index is 0.263. The van der Waals surface area contributed by atoms with Gasteiger partial charge in [0.25, 0.3) is 0 Å². The summed E-state index contributed by atoms with van der Waals surface area (Å²) in [5.74, 6) is -0.263. The number of rotatable bonds is 3. The lowest BCUT2D eigenvalue weighted by molar-refractivity contribution is 0.0526. The number of morpholine rings is 1. The van der Waals surface area contributed by atoms with Crippen LogP contribution in [0.3, 0.4) is 0 Å². The van der Waals surface area contributed by atoms with Crippen molar-refractivity contribution in [2.45, 2.75) is 6.92 Å². The summed E-state index contributed by atoms with van der Waals surface area (Å²) in [6.45, 7) is 5.54. The number of esters is 1. The summed E-state index contributed by atoms with van der Waals surface area (Å²) in [7, 11) is 0. The van der Waals surface area contributed by atoms with Gasteiger partial charge in [-0.25, -0.2) is 4.79 Å². The van der Waals surface area contributed by atoms with Gasteiger partial charge in [0, 0.05) is 18.8 Å². The van der Waals surface area contributed by atoms with Crippen LogP contribution < -0.4 is 4.90 Å². The Bertz CT molecular complexity index is 369. The summed E-state index contributed by atoms with van der Waals surface area (Å²) in [6, 6.07) is 7.53. The molecule has 4 heteroatoms. The van der Waals surface area contributed by atoms with Crippen LogP contribution in [0.2, 0.25) is 0 Å². The molecular formula is C13H17NO3. The van der Waals surface area contributed by atoms with Gasteiger partial charge in [-0.05, 0) is 31.2 Å². The summed E-state index contributed by atoms with van der Waals surface area (Å²) < 4.78 is 10.2. The predicted molar refractivity (Wildman–Crippen MR) is 65.4 cm³/mol. The van der Waals surface area contributed by atoms with E-state index in [0.29, 0.717) is 12.2 Å². The Morgan fingerprint density at radius 2 is 1.94 bits per heavy atom. The molecule has 92 valence electrons. The number of hydrogen-bond donors (Lipinski definition) is 0. The first-order valence-corrected chi connectivity index (χ1v) is 5.91. The minimum Gasteiger partial charge on any atom is -0.462 e. The SMILES string of the molecule is CCOC(=O)c1ccc(N2CCOCC2)cc1. The molecule has 0 aliphatic carbocycles. The highest BCUT2D eigenvalue weighted by Gasteiger charge is 2.12. The Morgan fingerprint density at radius 1 is 1.29 bits per heavy atom. The molecule has 4 nitrogen and oxygen atoms in total. The van der Waals surface area contributed by atoms with Crippen LogP contribution in [0.25, 0.3) is 0 Å². The van der Waals surface area contributed by atoms with E-state index in [1.54, 1.807) is 6.92 Å². The van der Waals surface area contributed by atoms with Crippen molar-refractivity contribution >= 4 is 11.7 Å². The fraction of sp³-hybridized carbons (Fsp3) is 0.462. The van der Waals surface area contributed by atoms with E-state index in [4.69, 9.17) is 9.47 Å². The molecule has 1 saturated heterocycles. The van der Waals surface area contributed by atoms with Crippen molar-refractivity contribution in [1.29, 1.82) is 0 Å². The lowest BCUT2D eigenvalue weighted by Gasteiger charge is -2.28. The molecule has 0 bridgehead atoms. The molecule has 0 unspecified atom stereocenters. The molecule has 1 aliphatic rings. The largest absolute Gasteiger partial charge is 0.462 e. The van der Waals surface area contributed by atoms with Crippen LogP contribution in [0.1, 0.15) is 17.3 Å². The zero-order valence-electron chi connectivity index (χ0n) is 10.0. The van der Waals surface area contributed by atoms with Crippen molar-refractivity contribution in [2.75, 3.05) is 37.8 Å². The first-order chi connectivity index (χ1) is 8.31. The first kappa shape index (κ1) is 11.9. The molecule has 17 heavy (non-hydrogen) atoms. The topological polar surface area (TPSA) is 38.8 Å². The quantitative estimate of drug-likeness (QED) is 0.747. The number of benzene rings is 1. The minimum atomic E-state index is -0.263. The molecule has 2 rings (SSSR count). The molecule has 1 heterocycles. The number of carbonyl (C=O) groups is 1. The van der Waals surface area contributed by atoms with Gasteiger partial charge in [-0.1, -0.05) is 0 Å². The third kappa shape index (κ3) is 2.97. The van der Waals surface area contributed by atoms with Crippen molar-refractivity contribution in [3.8, 4) is 0 Å². The summed E-state index contributed by atoms with van der Waals surface area (Å²) in [5, 5.41) is 0. The molecule has 0 radical (unpaired) electrons. The molecule has 1 aromatic rings. The lowest BCUT2D eigenvalue weighted by atomic mass is 10.2. The van der Waals surface area contributed by atoms with Gasteiger partial charge in [-0.15, -0.1) is 0 Å². The Balaban J connectivity index is 2.04. The van der Waals surface area contributed by atoms with Crippen molar-refractivity contribution in [3.05, 3.63) is 29.8 Å². The van der Waals surface area contributed by atoms with E-state index in [9.17, 15) is 4.79 Å². The number of nitrogens with zero attached hydrogens (tertiary/aromatic N) is 1.